The molecule has 1 unspecified atom stereocenters. The van der Waals surface area contributed by atoms with Crippen molar-refractivity contribution in [2.45, 2.75) is 13.0 Å². The van der Waals surface area contributed by atoms with Gasteiger partial charge in [0.1, 0.15) is 5.75 Å². The number of ketones is 1. The molecular weight excluding hydrogens is 246 g/mol. The smallest absolute Gasteiger partial charge is 0.328 e. The van der Waals surface area contributed by atoms with Crippen molar-refractivity contribution in [3.05, 3.63) is 28.3 Å². The highest BCUT2D eigenvalue weighted by atomic mass is 35.5. The van der Waals surface area contributed by atoms with Gasteiger partial charge in [0.25, 0.3) is 0 Å². The molecule has 0 spiro atoms. The van der Waals surface area contributed by atoms with E-state index in [-0.39, 0.29) is 11.3 Å². The van der Waals surface area contributed by atoms with E-state index in [0.717, 1.165) is 0 Å². The van der Waals surface area contributed by atoms with E-state index in [2.05, 4.69) is 0 Å². The molecule has 0 saturated carbocycles. The van der Waals surface area contributed by atoms with Crippen LogP contribution < -0.4 is 10.5 Å². The average molecular weight is 258 g/mol. The Bertz CT molecular complexity index is 473. The lowest BCUT2D eigenvalue weighted by atomic mass is 10.0. The van der Waals surface area contributed by atoms with E-state index in [1.165, 1.54) is 13.2 Å². The Hall–Kier alpha value is -1.59. The molecule has 1 rings (SSSR count). The fourth-order valence-electron chi connectivity index (χ4n) is 1.46. The van der Waals surface area contributed by atoms with Gasteiger partial charge >= 0.3 is 5.97 Å². The SMILES string of the molecule is COc1c(C)cc(Cl)cc1C(=O)C(N)C(=O)O. The Kier molecular flexibility index (Phi) is 4.09. The van der Waals surface area contributed by atoms with Crippen LogP contribution in [0.5, 0.6) is 5.75 Å². The van der Waals surface area contributed by atoms with Crippen LogP contribution in [0.1, 0.15) is 15.9 Å². The molecule has 0 amide bonds. The van der Waals surface area contributed by atoms with Crippen molar-refractivity contribution < 1.29 is 19.4 Å². The number of carboxylic acid groups (broad SMARTS) is 1. The minimum Gasteiger partial charge on any atom is -0.496 e. The third-order valence-corrected chi connectivity index (χ3v) is 2.48. The largest absolute Gasteiger partial charge is 0.496 e. The van der Waals surface area contributed by atoms with Crippen LogP contribution in [0.15, 0.2) is 12.1 Å². The molecule has 0 aromatic heterocycles. The fourth-order valence-corrected chi connectivity index (χ4v) is 1.74. The monoisotopic (exact) mass is 257 g/mol. The van der Waals surface area contributed by atoms with Crippen molar-refractivity contribution in [2.75, 3.05) is 7.11 Å². The number of aliphatic carboxylic acids is 1. The first-order valence-corrected chi connectivity index (χ1v) is 5.13. The van der Waals surface area contributed by atoms with Gasteiger partial charge in [0.15, 0.2) is 11.8 Å². The Morgan fingerprint density at radius 2 is 2.06 bits per heavy atom. The molecule has 5 nitrogen and oxygen atoms in total. The molecule has 3 N–H and O–H groups in total. The topological polar surface area (TPSA) is 89.6 Å². The molecule has 0 radical (unpaired) electrons. The van der Waals surface area contributed by atoms with Gasteiger partial charge in [-0.1, -0.05) is 11.6 Å². The maximum Gasteiger partial charge on any atom is 0.328 e. The second-order valence-corrected chi connectivity index (χ2v) is 3.92. The van der Waals surface area contributed by atoms with Crippen LogP contribution in [-0.4, -0.2) is 30.0 Å². The first kappa shape index (κ1) is 13.5. The van der Waals surface area contributed by atoms with E-state index >= 15 is 0 Å². The molecule has 6 heteroatoms. The summed E-state index contributed by atoms with van der Waals surface area (Å²) >= 11 is 5.81. The zero-order chi connectivity index (χ0) is 13.2. The van der Waals surface area contributed by atoms with E-state index in [9.17, 15) is 9.59 Å². The normalized spacial score (nSPS) is 12.0. The summed E-state index contributed by atoms with van der Waals surface area (Å²) in [6.45, 7) is 1.70. The van der Waals surface area contributed by atoms with E-state index in [1.807, 2.05) is 0 Å². The van der Waals surface area contributed by atoms with Crippen LogP contribution in [0.3, 0.4) is 0 Å². The number of hydrogen-bond donors (Lipinski definition) is 2. The van der Waals surface area contributed by atoms with Crippen molar-refractivity contribution in [3.63, 3.8) is 0 Å². The highest BCUT2D eigenvalue weighted by Gasteiger charge is 2.26. The molecule has 0 aliphatic heterocycles. The minimum atomic E-state index is -1.62. The number of carbonyl (C=O) groups excluding carboxylic acids is 1. The van der Waals surface area contributed by atoms with Gasteiger partial charge < -0.3 is 15.6 Å². The number of Topliss-reactive ketones (excluding diaryl/α,β-unsaturated/α-hetero) is 1. The zero-order valence-corrected chi connectivity index (χ0v) is 10.1. The Morgan fingerprint density at radius 1 is 1.47 bits per heavy atom. The van der Waals surface area contributed by atoms with Gasteiger partial charge in [-0.2, -0.15) is 0 Å². The zero-order valence-electron chi connectivity index (χ0n) is 9.36. The highest BCUT2D eigenvalue weighted by molar-refractivity contribution is 6.31. The summed E-state index contributed by atoms with van der Waals surface area (Å²) in [5.74, 6) is -1.84. The molecule has 1 atom stereocenters. The predicted molar refractivity (Wildman–Crippen MR) is 62.7 cm³/mol. The molecule has 0 aliphatic carbocycles. The van der Waals surface area contributed by atoms with Crippen LogP contribution in [0.2, 0.25) is 5.02 Å². The van der Waals surface area contributed by atoms with Crippen LogP contribution in [0.25, 0.3) is 0 Å². The summed E-state index contributed by atoms with van der Waals surface area (Å²) in [6.07, 6.45) is 0. The summed E-state index contributed by atoms with van der Waals surface area (Å²) < 4.78 is 5.05. The second kappa shape index (κ2) is 5.16. The van der Waals surface area contributed by atoms with Crippen molar-refractivity contribution in [1.29, 1.82) is 0 Å². The van der Waals surface area contributed by atoms with E-state index in [1.54, 1.807) is 13.0 Å². The molecule has 0 fully saturated rings. The van der Waals surface area contributed by atoms with Crippen LogP contribution in [-0.2, 0) is 4.79 Å². The number of methoxy groups -OCH3 is 1. The number of benzene rings is 1. The van der Waals surface area contributed by atoms with Gasteiger partial charge in [-0.15, -0.1) is 0 Å². The van der Waals surface area contributed by atoms with Gasteiger partial charge in [-0.3, -0.25) is 9.59 Å². The third-order valence-electron chi connectivity index (χ3n) is 2.26. The van der Waals surface area contributed by atoms with Crippen LogP contribution in [0.4, 0.5) is 0 Å². The maximum absolute atomic E-state index is 11.8. The Morgan fingerprint density at radius 3 is 2.53 bits per heavy atom. The van der Waals surface area contributed by atoms with Gasteiger partial charge in [-0.25, -0.2) is 0 Å². The van der Waals surface area contributed by atoms with Gasteiger partial charge in [-0.05, 0) is 24.6 Å². The molecule has 1 aromatic carbocycles. The molecule has 92 valence electrons. The Balaban J connectivity index is 3.30. The molecule has 0 saturated heterocycles. The standard InChI is InChI=1S/C11H12ClNO4/c1-5-3-6(12)4-7(10(5)17-2)9(14)8(13)11(15)16/h3-4,8H,13H2,1-2H3,(H,15,16). The first-order chi connectivity index (χ1) is 7.88. The number of hydrogen-bond acceptors (Lipinski definition) is 4. The van der Waals surface area contributed by atoms with Crippen molar-refractivity contribution in [3.8, 4) is 5.75 Å². The summed E-state index contributed by atoms with van der Waals surface area (Å²) in [6, 6.07) is 1.34. The highest BCUT2D eigenvalue weighted by Crippen LogP contribution is 2.28. The van der Waals surface area contributed by atoms with Crippen LogP contribution in [0, 0.1) is 6.92 Å². The van der Waals surface area contributed by atoms with Gasteiger partial charge in [0, 0.05) is 5.02 Å². The average Bonchev–Trinajstić information content (AvgIpc) is 2.25. The fraction of sp³-hybridized carbons (Fsp3) is 0.273. The molecule has 1 aromatic rings. The van der Waals surface area contributed by atoms with E-state index in [4.69, 9.17) is 27.2 Å². The second-order valence-electron chi connectivity index (χ2n) is 3.48. The number of ether oxygens (including phenoxy) is 1. The van der Waals surface area contributed by atoms with E-state index < -0.39 is 17.8 Å². The quantitative estimate of drug-likeness (QED) is 0.626. The lowest BCUT2D eigenvalue weighted by Crippen LogP contribution is -2.38. The summed E-state index contributed by atoms with van der Waals surface area (Å²) in [5, 5.41) is 9.02. The lowest BCUT2D eigenvalue weighted by molar-refractivity contribution is -0.137. The van der Waals surface area contributed by atoms with E-state index in [0.29, 0.717) is 10.6 Å². The maximum atomic E-state index is 11.8. The Labute approximate surface area is 103 Å². The number of carboxylic acids is 1. The number of halogens is 1. The van der Waals surface area contributed by atoms with Crippen molar-refractivity contribution in [2.24, 2.45) is 5.73 Å². The summed E-state index contributed by atoms with van der Waals surface area (Å²) in [5.41, 5.74) is 5.98. The molecule has 17 heavy (non-hydrogen) atoms. The number of nitrogens with two attached hydrogens (primary N) is 1. The summed E-state index contributed by atoms with van der Waals surface area (Å²) in [4.78, 5) is 22.5. The van der Waals surface area contributed by atoms with Crippen molar-refractivity contribution in [1.82, 2.24) is 0 Å². The molecular formula is C11H12ClNO4. The van der Waals surface area contributed by atoms with Crippen LogP contribution >= 0.6 is 11.6 Å². The lowest BCUT2D eigenvalue weighted by Gasteiger charge is -2.13. The molecule has 0 heterocycles. The third kappa shape index (κ3) is 2.75. The van der Waals surface area contributed by atoms with Gasteiger partial charge in [0.05, 0.1) is 12.7 Å². The number of rotatable bonds is 4. The van der Waals surface area contributed by atoms with Gasteiger partial charge in [0.2, 0.25) is 0 Å². The summed E-state index contributed by atoms with van der Waals surface area (Å²) in [7, 11) is 1.39. The minimum absolute atomic E-state index is 0.0763. The predicted octanol–water partition coefficient (Wildman–Crippen LogP) is 1.25. The number of aryl methyl sites for hydroxylation is 1. The molecule has 0 aliphatic rings. The number of carbonyl (C=O) groups is 2. The first-order valence-electron chi connectivity index (χ1n) is 4.75. The van der Waals surface area contributed by atoms with Crippen molar-refractivity contribution >= 4 is 23.4 Å². The molecule has 0 bridgehead atoms.